The van der Waals surface area contributed by atoms with E-state index in [4.69, 9.17) is 9.84 Å². The first kappa shape index (κ1) is 15.5. The second-order valence-electron chi connectivity index (χ2n) is 5.49. The number of hydrogen-bond acceptors (Lipinski definition) is 5. The lowest BCUT2D eigenvalue weighted by Gasteiger charge is -2.06. The topological polar surface area (TPSA) is 92.7 Å². The Bertz CT molecular complexity index is 592. The fraction of sp³-hybridized carbons (Fsp3) is 0.500. The Morgan fingerprint density at radius 2 is 2.05 bits per heavy atom. The van der Waals surface area contributed by atoms with Gasteiger partial charge in [0.1, 0.15) is 5.00 Å². The number of carbonyl (C=O) groups excluding carboxylic acids is 2. The van der Waals surface area contributed by atoms with Gasteiger partial charge in [-0.15, -0.1) is 11.3 Å². The molecule has 1 heterocycles. The van der Waals surface area contributed by atoms with E-state index in [2.05, 4.69) is 5.32 Å². The van der Waals surface area contributed by atoms with Gasteiger partial charge >= 0.3 is 11.9 Å². The molecule has 2 rings (SSSR count). The minimum atomic E-state index is -0.975. The lowest BCUT2D eigenvalue weighted by atomic mass is 10.1. The summed E-state index contributed by atoms with van der Waals surface area (Å²) in [4.78, 5) is 35.1. The highest BCUT2D eigenvalue weighted by Crippen LogP contribution is 2.58. The highest BCUT2D eigenvalue weighted by atomic mass is 32.1. The molecule has 2 atom stereocenters. The van der Waals surface area contributed by atoms with Gasteiger partial charge in [-0.25, -0.2) is 4.79 Å². The van der Waals surface area contributed by atoms with Crippen LogP contribution in [0.1, 0.15) is 31.1 Å². The molecule has 0 aromatic carbocycles. The molecule has 6 nitrogen and oxygen atoms in total. The number of anilines is 1. The zero-order valence-electron chi connectivity index (χ0n) is 12.0. The van der Waals surface area contributed by atoms with Crippen LogP contribution in [0.3, 0.4) is 0 Å². The number of carbonyl (C=O) groups is 3. The third-order valence-corrected chi connectivity index (χ3v) is 4.60. The fourth-order valence-electron chi connectivity index (χ4n) is 2.55. The molecule has 1 aromatic heterocycles. The van der Waals surface area contributed by atoms with E-state index in [1.807, 2.05) is 0 Å². The molecule has 0 aliphatic heterocycles. The zero-order valence-corrected chi connectivity index (χ0v) is 12.8. The Morgan fingerprint density at radius 3 is 2.57 bits per heavy atom. The van der Waals surface area contributed by atoms with Gasteiger partial charge < -0.3 is 15.2 Å². The first-order valence-corrected chi connectivity index (χ1v) is 7.47. The molecule has 114 valence electrons. The molecule has 1 aliphatic rings. The Morgan fingerprint density at radius 1 is 1.38 bits per heavy atom. The molecular weight excluding hydrogens is 294 g/mol. The summed E-state index contributed by atoms with van der Waals surface area (Å²) in [5.41, 5.74) is -0.280. The predicted octanol–water partition coefficient (Wildman–Crippen LogP) is 2.22. The molecule has 2 N–H and O–H groups in total. The summed E-state index contributed by atoms with van der Waals surface area (Å²) in [6, 6.07) is 1.57. The molecule has 1 aliphatic carbocycles. The first-order chi connectivity index (χ1) is 9.80. The Hall–Kier alpha value is -1.89. The van der Waals surface area contributed by atoms with Gasteiger partial charge in [0.25, 0.3) is 0 Å². The van der Waals surface area contributed by atoms with Crippen LogP contribution in [0.15, 0.2) is 11.4 Å². The molecule has 1 aromatic rings. The van der Waals surface area contributed by atoms with Crippen molar-refractivity contribution in [1.82, 2.24) is 0 Å². The number of nitrogens with one attached hydrogen (secondary N) is 1. The quantitative estimate of drug-likeness (QED) is 0.813. The number of amides is 1. The Labute approximate surface area is 126 Å². The van der Waals surface area contributed by atoms with E-state index in [-0.39, 0.29) is 12.5 Å². The summed E-state index contributed by atoms with van der Waals surface area (Å²) < 4.78 is 4.91. The maximum atomic E-state index is 12.2. The zero-order chi connectivity index (χ0) is 15.8. The van der Waals surface area contributed by atoms with Crippen LogP contribution >= 0.6 is 11.3 Å². The van der Waals surface area contributed by atoms with Gasteiger partial charge in [0, 0.05) is 0 Å². The molecule has 1 saturated carbocycles. The Kier molecular flexibility index (Phi) is 4.04. The molecule has 7 heteroatoms. The maximum absolute atomic E-state index is 12.2. The van der Waals surface area contributed by atoms with Crippen molar-refractivity contribution in [3.05, 3.63) is 17.0 Å². The van der Waals surface area contributed by atoms with Crippen molar-refractivity contribution >= 4 is 34.2 Å². The van der Waals surface area contributed by atoms with Crippen molar-refractivity contribution in [1.29, 1.82) is 0 Å². The fourth-order valence-corrected chi connectivity index (χ4v) is 3.33. The molecule has 0 bridgehead atoms. The maximum Gasteiger partial charge on any atom is 0.341 e. The van der Waals surface area contributed by atoms with Crippen molar-refractivity contribution in [3.63, 3.8) is 0 Å². The van der Waals surface area contributed by atoms with E-state index in [1.54, 1.807) is 32.2 Å². The van der Waals surface area contributed by atoms with Gasteiger partial charge in [-0.1, -0.05) is 13.8 Å². The molecule has 1 amide bonds. The molecular formula is C14H17NO5S. The average Bonchev–Trinajstić information content (AvgIpc) is 2.75. The monoisotopic (exact) mass is 311 g/mol. The number of carboxylic acid groups (broad SMARTS) is 1. The van der Waals surface area contributed by atoms with Gasteiger partial charge in [-0.3, -0.25) is 9.59 Å². The van der Waals surface area contributed by atoms with E-state index in [0.29, 0.717) is 10.6 Å². The lowest BCUT2D eigenvalue weighted by molar-refractivity contribution is -0.140. The number of hydrogen-bond donors (Lipinski definition) is 2. The number of carboxylic acids is 1. The van der Waals surface area contributed by atoms with Crippen molar-refractivity contribution in [2.45, 2.75) is 20.8 Å². The van der Waals surface area contributed by atoms with E-state index in [1.165, 1.54) is 11.3 Å². The Balaban J connectivity index is 2.10. The summed E-state index contributed by atoms with van der Waals surface area (Å²) in [6.07, 6.45) is 0. The molecule has 0 radical (unpaired) electrons. The van der Waals surface area contributed by atoms with E-state index in [0.717, 1.165) is 0 Å². The van der Waals surface area contributed by atoms with Crippen LogP contribution < -0.4 is 5.32 Å². The normalized spacial score (nSPS) is 22.4. The second kappa shape index (κ2) is 5.48. The SMILES string of the molecule is CCOC(=O)c1ccsc1NC(=O)[C@H]1[C@@H](C(=O)O)C1(C)C. The standard InChI is InChI=1S/C14H17NO5S/c1-4-20-13(19)7-5-6-21-11(7)15-10(16)8-9(12(17)18)14(8,2)3/h5-6,8-9H,4H2,1-3H3,(H,15,16)(H,17,18)/t8-,9+/m1/s1. The highest BCUT2D eigenvalue weighted by Gasteiger charge is 2.65. The average molecular weight is 311 g/mol. The van der Waals surface area contributed by atoms with E-state index < -0.39 is 29.2 Å². The summed E-state index contributed by atoms with van der Waals surface area (Å²) >= 11 is 1.21. The van der Waals surface area contributed by atoms with Crippen molar-refractivity contribution in [2.24, 2.45) is 17.3 Å². The molecule has 0 saturated heterocycles. The summed E-state index contributed by atoms with van der Waals surface area (Å²) in [7, 11) is 0. The summed E-state index contributed by atoms with van der Waals surface area (Å²) in [6.45, 7) is 5.44. The minimum Gasteiger partial charge on any atom is -0.481 e. The van der Waals surface area contributed by atoms with E-state index >= 15 is 0 Å². The smallest absolute Gasteiger partial charge is 0.341 e. The molecule has 0 unspecified atom stereocenters. The van der Waals surface area contributed by atoms with Crippen LogP contribution in [0, 0.1) is 17.3 Å². The van der Waals surface area contributed by atoms with E-state index in [9.17, 15) is 14.4 Å². The van der Waals surface area contributed by atoms with Gasteiger partial charge in [0.2, 0.25) is 5.91 Å². The number of aliphatic carboxylic acids is 1. The number of esters is 1. The van der Waals surface area contributed by atoms with Crippen molar-refractivity contribution in [2.75, 3.05) is 11.9 Å². The van der Waals surface area contributed by atoms with Gasteiger partial charge in [0.15, 0.2) is 0 Å². The third kappa shape index (κ3) is 2.78. The van der Waals surface area contributed by atoms with Crippen LogP contribution in [0.5, 0.6) is 0 Å². The molecule has 0 spiro atoms. The van der Waals surface area contributed by atoms with Gasteiger partial charge in [-0.2, -0.15) is 0 Å². The molecule has 21 heavy (non-hydrogen) atoms. The number of ether oxygens (including phenoxy) is 1. The largest absolute Gasteiger partial charge is 0.481 e. The van der Waals surface area contributed by atoms with Crippen molar-refractivity contribution in [3.8, 4) is 0 Å². The van der Waals surface area contributed by atoms with Crippen LogP contribution in [0.2, 0.25) is 0 Å². The first-order valence-electron chi connectivity index (χ1n) is 6.59. The van der Waals surface area contributed by atoms with Crippen LogP contribution in [-0.4, -0.2) is 29.6 Å². The molecule has 1 fully saturated rings. The van der Waals surface area contributed by atoms with Crippen molar-refractivity contribution < 1.29 is 24.2 Å². The lowest BCUT2D eigenvalue weighted by Crippen LogP contribution is -2.18. The minimum absolute atomic E-state index is 0.249. The number of thiophene rings is 1. The third-order valence-electron chi connectivity index (χ3n) is 3.77. The van der Waals surface area contributed by atoms with Crippen LogP contribution in [-0.2, 0) is 14.3 Å². The second-order valence-corrected chi connectivity index (χ2v) is 6.40. The van der Waals surface area contributed by atoms with Crippen LogP contribution in [0.25, 0.3) is 0 Å². The number of rotatable bonds is 5. The predicted molar refractivity (Wildman–Crippen MR) is 77.3 cm³/mol. The summed E-state index contributed by atoms with van der Waals surface area (Å²) in [5.74, 6) is -3.13. The summed E-state index contributed by atoms with van der Waals surface area (Å²) in [5, 5.41) is 13.8. The van der Waals surface area contributed by atoms with Crippen LogP contribution in [0.4, 0.5) is 5.00 Å². The van der Waals surface area contributed by atoms with Gasteiger partial charge in [-0.05, 0) is 23.8 Å². The highest BCUT2D eigenvalue weighted by molar-refractivity contribution is 7.14. The van der Waals surface area contributed by atoms with Gasteiger partial charge in [0.05, 0.1) is 24.0 Å².